The molecule has 1 heterocycles. The molecule has 4 aromatic rings. The predicted octanol–water partition coefficient (Wildman–Crippen LogP) is 7.68. The van der Waals surface area contributed by atoms with Crippen LogP contribution in [0.5, 0.6) is 0 Å². The molecule has 0 N–H and O–H groups in total. The highest BCUT2D eigenvalue weighted by molar-refractivity contribution is 7.98. The SMILES string of the molecule is CSc1ccc(-c2sc3ccccc3c2-c2ccc(SC)cc2)cc1. The number of fused-ring (bicyclic) bond motifs is 1. The molecule has 0 saturated heterocycles. The van der Waals surface area contributed by atoms with Gasteiger partial charge in [-0.05, 0) is 54.0 Å². The zero-order valence-electron chi connectivity index (χ0n) is 14.2. The van der Waals surface area contributed by atoms with Gasteiger partial charge in [-0.25, -0.2) is 0 Å². The number of hydrogen-bond donors (Lipinski definition) is 0. The molecular formula is C22H18S3. The smallest absolute Gasteiger partial charge is 0.0433 e. The molecule has 0 radical (unpaired) electrons. The van der Waals surface area contributed by atoms with E-state index in [4.69, 9.17) is 0 Å². The van der Waals surface area contributed by atoms with Crippen LogP contribution in [-0.4, -0.2) is 12.5 Å². The summed E-state index contributed by atoms with van der Waals surface area (Å²) in [5, 5.41) is 1.34. The fourth-order valence-corrected chi connectivity index (χ4v) is 5.08. The van der Waals surface area contributed by atoms with E-state index in [1.54, 1.807) is 23.5 Å². The standard InChI is InChI=1S/C22H18S3/c1-23-17-11-7-15(8-12-17)21-19-5-3-4-6-20(19)25-22(21)16-9-13-18(24-2)14-10-16/h3-14H,1-2H3. The average Bonchev–Trinajstić information content (AvgIpc) is 3.07. The fraction of sp³-hybridized carbons (Fsp3) is 0.0909. The van der Waals surface area contributed by atoms with E-state index in [1.807, 2.05) is 11.3 Å². The summed E-state index contributed by atoms with van der Waals surface area (Å²) in [6.07, 6.45) is 4.24. The Morgan fingerprint density at radius 3 is 1.80 bits per heavy atom. The third-order valence-electron chi connectivity index (χ3n) is 4.33. The first-order chi connectivity index (χ1) is 12.3. The lowest BCUT2D eigenvalue weighted by Crippen LogP contribution is -1.81. The Labute approximate surface area is 161 Å². The van der Waals surface area contributed by atoms with Gasteiger partial charge in [-0.2, -0.15) is 0 Å². The molecule has 4 rings (SSSR count). The van der Waals surface area contributed by atoms with Gasteiger partial charge in [0, 0.05) is 30.3 Å². The summed E-state index contributed by atoms with van der Waals surface area (Å²) in [5.74, 6) is 0. The second kappa shape index (κ2) is 7.28. The van der Waals surface area contributed by atoms with Gasteiger partial charge in [0.1, 0.15) is 0 Å². The van der Waals surface area contributed by atoms with Crippen molar-refractivity contribution in [3.8, 4) is 21.6 Å². The maximum atomic E-state index is 2.25. The molecule has 0 aliphatic rings. The highest BCUT2D eigenvalue weighted by Gasteiger charge is 2.15. The van der Waals surface area contributed by atoms with Crippen LogP contribution < -0.4 is 0 Å². The van der Waals surface area contributed by atoms with Gasteiger partial charge in [-0.3, -0.25) is 0 Å². The minimum Gasteiger partial charge on any atom is -0.135 e. The summed E-state index contributed by atoms with van der Waals surface area (Å²) in [7, 11) is 0. The van der Waals surface area contributed by atoms with Crippen LogP contribution in [0.15, 0.2) is 82.6 Å². The number of benzene rings is 3. The van der Waals surface area contributed by atoms with Crippen molar-refractivity contribution in [1.29, 1.82) is 0 Å². The molecule has 0 fully saturated rings. The molecule has 1 aromatic heterocycles. The van der Waals surface area contributed by atoms with Crippen LogP contribution in [0.1, 0.15) is 0 Å². The summed E-state index contributed by atoms with van der Waals surface area (Å²) in [4.78, 5) is 3.95. The van der Waals surface area contributed by atoms with Crippen molar-refractivity contribution in [3.63, 3.8) is 0 Å². The third kappa shape index (κ3) is 3.24. The molecule has 124 valence electrons. The second-order valence-electron chi connectivity index (χ2n) is 5.76. The third-order valence-corrected chi connectivity index (χ3v) is 7.03. The van der Waals surface area contributed by atoms with Crippen molar-refractivity contribution < 1.29 is 0 Å². The highest BCUT2D eigenvalue weighted by atomic mass is 32.2. The average molecular weight is 379 g/mol. The zero-order valence-corrected chi connectivity index (χ0v) is 16.6. The van der Waals surface area contributed by atoms with Crippen LogP contribution in [0, 0.1) is 0 Å². The van der Waals surface area contributed by atoms with Crippen LogP contribution in [0.4, 0.5) is 0 Å². The van der Waals surface area contributed by atoms with Crippen LogP contribution in [0.25, 0.3) is 31.7 Å². The molecule has 0 unspecified atom stereocenters. The minimum absolute atomic E-state index is 1.29. The van der Waals surface area contributed by atoms with Crippen molar-refractivity contribution in [1.82, 2.24) is 0 Å². The maximum Gasteiger partial charge on any atom is 0.0433 e. The number of thioether (sulfide) groups is 2. The van der Waals surface area contributed by atoms with Crippen LogP contribution >= 0.6 is 34.9 Å². The van der Waals surface area contributed by atoms with Crippen molar-refractivity contribution in [2.75, 3.05) is 12.5 Å². The van der Waals surface area contributed by atoms with Gasteiger partial charge in [0.15, 0.2) is 0 Å². The van der Waals surface area contributed by atoms with E-state index in [2.05, 4.69) is 85.3 Å². The summed E-state index contributed by atoms with van der Waals surface area (Å²) in [6, 6.07) is 26.6. The van der Waals surface area contributed by atoms with Gasteiger partial charge in [-0.1, -0.05) is 42.5 Å². The highest BCUT2D eigenvalue weighted by Crippen LogP contribution is 2.45. The molecule has 0 spiro atoms. The molecule has 0 amide bonds. The van der Waals surface area contributed by atoms with E-state index >= 15 is 0 Å². The zero-order chi connectivity index (χ0) is 17.2. The molecule has 0 aliphatic heterocycles. The largest absolute Gasteiger partial charge is 0.135 e. The van der Waals surface area contributed by atoms with Crippen LogP contribution in [0.2, 0.25) is 0 Å². The second-order valence-corrected chi connectivity index (χ2v) is 8.57. The predicted molar refractivity (Wildman–Crippen MR) is 116 cm³/mol. The molecule has 0 atom stereocenters. The van der Waals surface area contributed by atoms with Gasteiger partial charge in [0.2, 0.25) is 0 Å². The van der Waals surface area contributed by atoms with E-state index in [-0.39, 0.29) is 0 Å². The van der Waals surface area contributed by atoms with Gasteiger partial charge in [-0.15, -0.1) is 34.9 Å². The first-order valence-corrected chi connectivity index (χ1v) is 11.4. The maximum absolute atomic E-state index is 2.25. The normalized spacial score (nSPS) is 11.1. The van der Waals surface area contributed by atoms with E-state index in [0.29, 0.717) is 0 Å². The number of hydrogen-bond acceptors (Lipinski definition) is 3. The molecular weight excluding hydrogens is 360 g/mol. The van der Waals surface area contributed by atoms with Crippen LogP contribution in [-0.2, 0) is 0 Å². The first kappa shape index (κ1) is 16.8. The monoisotopic (exact) mass is 378 g/mol. The van der Waals surface area contributed by atoms with Gasteiger partial charge >= 0.3 is 0 Å². The number of thiophene rings is 1. The Hall–Kier alpha value is -1.68. The van der Waals surface area contributed by atoms with Crippen LogP contribution in [0.3, 0.4) is 0 Å². The molecule has 0 bridgehead atoms. The summed E-state index contributed by atoms with van der Waals surface area (Å²) in [6.45, 7) is 0. The van der Waals surface area contributed by atoms with Gasteiger partial charge < -0.3 is 0 Å². The molecule has 0 saturated carbocycles. The Morgan fingerprint density at radius 1 is 0.640 bits per heavy atom. The van der Waals surface area contributed by atoms with E-state index < -0.39 is 0 Å². The van der Waals surface area contributed by atoms with Gasteiger partial charge in [0.05, 0.1) is 0 Å². The lowest BCUT2D eigenvalue weighted by Gasteiger charge is -2.07. The topological polar surface area (TPSA) is 0 Å². The van der Waals surface area contributed by atoms with Crippen molar-refractivity contribution in [3.05, 3.63) is 72.8 Å². The van der Waals surface area contributed by atoms with Gasteiger partial charge in [0.25, 0.3) is 0 Å². The van der Waals surface area contributed by atoms with E-state index in [0.717, 1.165) is 0 Å². The summed E-state index contributed by atoms with van der Waals surface area (Å²) < 4.78 is 1.34. The molecule has 0 aliphatic carbocycles. The van der Waals surface area contributed by atoms with Crippen molar-refractivity contribution >= 4 is 44.9 Å². The summed E-state index contributed by atoms with van der Waals surface area (Å²) in [5.41, 5.74) is 3.94. The fourth-order valence-electron chi connectivity index (χ4n) is 3.04. The molecule has 3 aromatic carbocycles. The van der Waals surface area contributed by atoms with Crippen molar-refractivity contribution in [2.45, 2.75) is 9.79 Å². The van der Waals surface area contributed by atoms with E-state index in [1.165, 1.54) is 41.4 Å². The molecule has 0 nitrogen and oxygen atoms in total. The summed E-state index contributed by atoms with van der Waals surface area (Å²) >= 11 is 5.45. The Balaban J connectivity index is 1.93. The van der Waals surface area contributed by atoms with E-state index in [9.17, 15) is 0 Å². The Morgan fingerprint density at radius 2 is 1.20 bits per heavy atom. The van der Waals surface area contributed by atoms with Crippen molar-refractivity contribution in [2.24, 2.45) is 0 Å². The Bertz CT molecular complexity index is 996. The quantitative estimate of drug-likeness (QED) is 0.334. The lowest BCUT2D eigenvalue weighted by molar-refractivity contribution is 1.46. The lowest BCUT2D eigenvalue weighted by atomic mass is 9.99. The minimum atomic E-state index is 1.29. The number of rotatable bonds is 4. The molecule has 3 heteroatoms. The Kier molecular flexibility index (Phi) is 4.89. The molecule has 25 heavy (non-hydrogen) atoms. The first-order valence-electron chi connectivity index (χ1n) is 8.10.